The van der Waals surface area contributed by atoms with E-state index in [-0.39, 0.29) is 29.0 Å². The number of phenols is 1. The summed E-state index contributed by atoms with van der Waals surface area (Å²) < 4.78 is 15.8. The van der Waals surface area contributed by atoms with E-state index in [9.17, 15) is 24.7 Å². The number of halogens is 1. The highest BCUT2D eigenvalue weighted by Crippen LogP contribution is 2.48. The molecule has 6 heteroatoms. The first kappa shape index (κ1) is 21.7. The van der Waals surface area contributed by atoms with Crippen molar-refractivity contribution in [2.45, 2.75) is 31.6 Å². The zero-order valence-electron chi connectivity index (χ0n) is 18.4. The normalized spacial score (nSPS) is 18.0. The lowest BCUT2D eigenvalue weighted by Gasteiger charge is -2.27. The highest BCUT2D eigenvalue weighted by molar-refractivity contribution is 6.03. The number of phenolic OH excluding ortho intramolecular Hbond substituents is 1. The van der Waals surface area contributed by atoms with Gasteiger partial charge in [0.05, 0.1) is 17.1 Å². The van der Waals surface area contributed by atoms with Gasteiger partial charge in [0.2, 0.25) is 0 Å². The molecule has 0 radical (unpaired) electrons. The van der Waals surface area contributed by atoms with Crippen LogP contribution in [0.2, 0.25) is 0 Å². The summed E-state index contributed by atoms with van der Waals surface area (Å²) in [6, 6.07) is 20.7. The van der Waals surface area contributed by atoms with E-state index >= 15 is 0 Å². The highest BCUT2D eigenvalue weighted by atomic mass is 19.1. The lowest BCUT2D eigenvalue weighted by molar-refractivity contribution is 0.0697. The second-order valence-corrected chi connectivity index (χ2v) is 8.80. The van der Waals surface area contributed by atoms with Gasteiger partial charge in [0.15, 0.2) is 0 Å². The zero-order valence-corrected chi connectivity index (χ0v) is 18.4. The van der Waals surface area contributed by atoms with Crippen LogP contribution in [0.1, 0.15) is 47.7 Å². The van der Waals surface area contributed by atoms with Crippen molar-refractivity contribution in [1.29, 1.82) is 5.26 Å². The van der Waals surface area contributed by atoms with Crippen LogP contribution in [0.5, 0.6) is 5.75 Å². The van der Waals surface area contributed by atoms with Crippen molar-refractivity contribution >= 4 is 16.9 Å². The summed E-state index contributed by atoms with van der Waals surface area (Å²) in [6.45, 7) is 0. The number of rotatable bonds is 4. The van der Waals surface area contributed by atoms with Gasteiger partial charge in [0.25, 0.3) is 0 Å². The number of hydrogen-bond acceptors (Lipinski definition) is 3. The topological polar surface area (TPSA) is 86.2 Å². The van der Waals surface area contributed by atoms with Crippen molar-refractivity contribution < 1.29 is 19.4 Å². The van der Waals surface area contributed by atoms with Crippen LogP contribution in [-0.2, 0) is 0 Å². The van der Waals surface area contributed by atoms with Gasteiger partial charge in [-0.2, -0.15) is 5.26 Å². The van der Waals surface area contributed by atoms with Gasteiger partial charge >= 0.3 is 5.97 Å². The van der Waals surface area contributed by atoms with Crippen LogP contribution in [0.15, 0.2) is 66.7 Å². The molecule has 0 saturated heterocycles. The minimum Gasteiger partial charge on any atom is -0.507 e. The molecule has 1 aromatic heterocycles. The maximum absolute atomic E-state index is 13.8. The minimum atomic E-state index is -1.00. The fraction of sp³-hybridized carbons (Fsp3) is 0.214. The standard InChI is InChI=1S/C28H23FN2O3/c29-21-12-14-22(15-13-21)31-23-2-1-3-24(32)26(23)25(18-8-10-20(11-9-18)28(33)34)27(31)19-6-4-17(16-30)5-7-19/h1-3,8-15,17,19,32H,4-7H2,(H,33,34). The largest absolute Gasteiger partial charge is 0.507 e. The van der Waals surface area contributed by atoms with Crippen molar-refractivity contribution in [3.8, 4) is 28.6 Å². The minimum absolute atomic E-state index is 0.0339. The molecular formula is C28H23FN2O3. The Morgan fingerprint density at radius 2 is 1.65 bits per heavy atom. The number of aromatic nitrogens is 1. The summed E-state index contributed by atoms with van der Waals surface area (Å²) in [5, 5.41) is 30.4. The number of carbonyl (C=O) groups is 1. The average Bonchev–Trinajstić information content (AvgIpc) is 3.21. The van der Waals surface area contributed by atoms with E-state index in [2.05, 4.69) is 10.6 Å². The summed E-state index contributed by atoms with van der Waals surface area (Å²) in [4.78, 5) is 11.4. The summed E-state index contributed by atoms with van der Waals surface area (Å²) in [6.07, 6.45) is 3.21. The van der Waals surface area contributed by atoms with Crippen molar-refractivity contribution in [3.05, 3.63) is 83.8 Å². The smallest absolute Gasteiger partial charge is 0.335 e. The number of fused-ring (bicyclic) bond motifs is 1. The lowest BCUT2D eigenvalue weighted by Crippen LogP contribution is -2.15. The predicted molar refractivity (Wildman–Crippen MR) is 128 cm³/mol. The number of hydrogen-bond donors (Lipinski definition) is 2. The fourth-order valence-corrected chi connectivity index (χ4v) is 5.16. The summed E-state index contributed by atoms with van der Waals surface area (Å²) >= 11 is 0. The Labute approximate surface area is 196 Å². The Morgan fingerprint density at radius 1 is 0.971 bits per heavy atom. The van der Waals surface area contributed by atoms with Gasteiger partial charge in [-0.15, -0.1) is 0 Å². The van der Waals surface area contributed by atoms with Crippen LogP contribution in [0.4, 0.5) is 4.39 Å². The molecule has 1 fully saturated rings. The molecule has 2 N–H and O–H groups in total. The lowest BCUT2D eigenvalue weighted by atomic mass is 9.79. The van der Waals surface area contributed by atoms with E-state index in [0.29, 0.717) is 5.39 Å². The molecule has 0 aliphatic heterocycles. The van der Waals surface area contributed by atoms with Gasteiger partial charge in [-0.1, -0.05) is 18.2 Å². The molecule has 34 heavy (non-hydrogen) atoms. The molecule has 0 atom stereocenters. The molecule has 1 saturated carbocycles. The quantitative estimate of drug-likeness (QED) is 0.362. The highest BCUT2D eigenvalue weighted by Gasteiger charge is 2.31. The first-order valence-electron chi connectivity index (χ1n) is 11.3. The molecule has 5 rings (SSSR count). The molecule has 0 unspecified atom stereocenters. The molecule has 1 aliphatic carbocycles. The zero-order chi connectivity index (χ0) is 23.8. The third kappa shape index (κ3) is 3.69. The van der Waals surface area contributed by atoms with E-state index in [4.69, 9.17) is 0 Å². The van der Waals surface area contributed by atoms with Gasteiger partial charge in [0.1, 0.15) is 11.6 Å². The molecule has 1 heterocycles. The third-order valence-corrected chi connectivity index (χ3v) is 6.81. The number of aromatic carboxylic acids is 1. The van der Waals surface area contributed by atoms with E-state index in [1.54, 1.807) is 48.5 Å². The van der Waals surface area contributed by atoms with Crippen LogP contribution in [0, 0.1) is 23.1 Å². The second-order valence-electron chi connectivity index (χ2n) is 8.80. The Morgan fingerprint density at radius 3 is 2.26 bits per heavy atom. The maximum atomic E-state index is 13.8. The Bertz CT molecular complexity index is 1410. The summed E-state index contributed by atoms with van der Waals surface area (Å²) in [5.74, 6) is -1.05. The second kappa shape index (κ2) is 8.68. The molecule has 3 aromatic carbocycles. The van der Waals surface area contributed by atoms with Crippen molar-refractivity contribution in [2.24, 2.45) is 5.92 Å². The average molecular weight is 455 g/mol. The number of carboxylic acids is 1. The number of nitriles is 1. The molecule has 0 amide bonds. The van der Waals surface area contributed by atoms with Gasteiger partial charge in [-0.3, -0.25) is 0 Å². The van der Waals surface area contributed by atoms with Gasteiger partial charge in [-0.05, 0) is 79.8 Å². The molecule has 0 bridgehead atoms. The predicted octanol–water partition coefficient (Wildman–Crippen LogP) is 6.64. The Kier molecular flexibility index (Phi) is 5.54. The molecular weight excluding hydrogens is 431 g/mol. The van der Waals surface area contributed by atoms with E-state index < -0.39 is 5.97 Å². The van der Waals surface area contributed by atoms with Crippen molar-refractivity contribution in [3.63, 3.8) is 0 Å². The molecule has 0 spiro atoms. The van der Waals surface area contributed by atoms with Crippen molar-refractivity contribution in [1.82, 2.24) is 4.57 Å². The molecule has 5 nitrogen and oxygen atoms in total. The summed E-state index contributed by atoms with van der Waals surface area (Å²) in [7, 11) is 0. The van der Waals surface area contributed by atoms with Crippen LogP contribution < -0.4 is 0 Å². The monoisotopic (exact) mass is 454 g/mol. The SMILES string of the molecule is N#CC1CCC(c2c(-c3ccc(C(=O)O)cc3)c3c(O)cccc3n2-c2ccc(F)cc2)CC1. The number of nitrogens with zero attached hydrogens (tertiary/aromatic N) is 2. The van der Waals surface area contributed by atoms with Gasteiger partial charge in [-0.25, -0.2) is 9.18 Å². The van der Waals surface area contributed by atoms with Crippen molar-refractivity contribution in [2.75, 3.05) is 0 Å². The molecule has 1 aliphatic rings. The first-order valence-corrected chi connectivity index (χ1v) is 11.3. The third-order valence-electron chi connectivity index (χ3n) is 6.81. The van der Waals surface area contributed by atoms with Crippen LogP contribution in [0.25, 0.3) is 27.7 Å². The maximum Gasteiger partial charge on any atom is 0.335 e. The van der Waals surface area contributed by atoms with E-state index in [0.717, 1.165) is 53.7 Å². The Hall–Kier alpha value is -4.11. The van der Waals surface area contributed by atoms with E-state index in [1.807, 2.05) is 6.07 Å². The number of benzene rings is 3. The Balaban J connectivity index is 1.81. The first-order chi connectivity index (χ1) is 16.5. The molecule has 170 valence electrons. The van der Waals surface area contributed by atoms with Gasteiger partial charge < -0.3 is 14.8 Å². The van der Waals surface area contributed by atoms with Crippen LogP contribution in [0.3, 0.4) is 0 Å². The van der Waals surface area contributed by atoms with Gasteiger partial charge in [0, 0.05) is 34.2 Å². The van der Waals surface area contributed by atoms with Crippen LogP contribution >= 0.6 is 0 Å². The summed E-state index contributed by atoms with van der Waals surface area (Å²) in [5.41, 5.74) is 4.39. The fourth-order valence-electron chi connectivity index (χ4n) is 5.16. The van der Waals surface area contributed by atoms with Crippen LogP contribution in [-0.4, -0.2) is 20.7 Å². The molecule has 4 aromatic rings. The number of aromatic hydroxyl groups is 1. The number of carboxylic acid groups (broad SMARTS) is 1. The van der Waals surface area contributed by atoms with E-state index in [1.165, 1.54) is 12.1 Å².